The predicted molar refractivity (Wildman–Crippen MR) is 124 cm³/mol. The lowest BCUT2D eigenvalue weighted by atomic mass is 9.81. The van der Waals surface area contributed by atoms with Gasteiger partial charge in [-0.15, -0.1) is 0 Å². The summed E-state index contributed by atoms with van der Waals surface area (Å²) in [5.41, 5.74) is 2.47. The summed E-state index contributed by atoms with van der Waals surface area (Å²) >= 11 is 0. The van der Waals surface area contributed by atoms with Crippen LogP contribution in [0.2, 0.25) is 0 Å². The maximum Gasteiger partial charge on any atom is 0.308 e. The number of aliphatic carboxylic acids is 1. The number of hydrogen-bond acceptors (Lipinski definition) is 5. The van der Waals surface area contributed by atoms with E-state index in [0.29, 0.717) is 30.7 Å². The van der Waals surface area contributed by atoms with Crippen LogP contribution >= 0.6 is 0 Å². The Morgan fingerprint density at radius 1 is 1.36 bits per heavy atom. The molecule has 3 aromatic rings. The average Bonchev–Trinajstić information content (AvgIpc) is 3.35. The highest BCUT2D eigenvalue weighted by Gasteiger charge is 2.34. The maximum absolute atomic E-state index is 15.3. The number of pyridine rings is 1. The number of alkyl halides is 1. The van der Waals surface area contributed by atoms with Crippen molar-refractivity contribution in [3.05, 3.63) is 60.2 Å². The number of fused-ring (bicyclic) bond motifs is 1. The number of nitrogens with zero attached hydrogens (tertiary/aromatic N) is 2. The molecule has 1 aliphatic rings. The smallest absolute Gasteiger partial charge is 0.308 e. The molecule has 1 unspecified atom stereocenters. The zero-order chi connectivity index (χ0) is 23.2. The molecule has 1 fully saturated rings. The van der Waals surface area contributed by atoms with Gasteiger partial charge in [0.25, 0.3) is 0 Å². The zero-order valence-corrected chi connectivity index (χ0v) is 19.0. The summed E-state index contributed by atoms with van der Waals surface area (Å²) in [6.45, 7) is 2.24. The second-order valence-corrected chi connectivity index (χ2v) is 8.86. The van der Waals surface area contributed by atoms with Gasteiger partial charge in [-0.05, 0) is 92.6 Å². The molecule has 176 valence electrons. The summed E-state index contributed by atoms with van der Waals surface area (Å²) in [6, 6.07) is 9.12. The van der Waals surface area contributed by atoms with Crippen molar-refractivity contribution in [1.29, 1.82) is 0 Å². The molecule has 0 saturated carbocycles. The monoisotopic (exact) mass is 454 g/mol. The summed E-state index contributed by atoms with van der Waals surface area (Å²) in [5, 5.41) is 10.6. The van der Waals surface area contributed by atoms with E-state index in [4.69, 9.17) is 9.15 Å². The summed E-state index contributed by atoms with van der Waals surface area (Å²) in [5.74, 6) is -0.605. The van der Waals surface area contributed by atoms with Crippen molar-refractivity contribution in [3.63, 3.8) is 0 Å². The van der Waals surface area contributed by atoms with Gasteiger partial charge in [0.2, 0.25) is 0 Å². The fraction of sp³-hybridized carbons (Fsp3) is 0.462. The van der Waals surface area contributed by atoms with Crippen molar-refractivity contribution in [2.45, 2.75) is 38.3 Å². The van der Waals surface area contributed by atoms with Crippen LogP contribution in [0.3, 0.4) is 0 Å². The molecule has 33 heavy (non-hydrogen) atoms. The van der Waals surface area contributed by atoms with Gasteiger partial charge in [-0.1, -0.05) is 0 Å². The number of carboxylic acid groups (broad SMARTS) is 1. The molecule has 0 amide bonds. The largest absolute Gasteiger partial charge is 0.497 e. The number of ether oxygens (including phenoxy) is 1. The first kappa shape index (κ1) is 23.2. The third-order valence-corrected chi connectivity index (χ3v) is 6.79. The molecule has 1 aromatic carbocycles. The van der Waals surface area contributed by atoms with Crippen LogP contribution in [0.1, 0.15) is 43.0 Å². The molecule has 1 saturated heterocycles. The first-order chi connectivity index (χ1) is 16.0. The van der Waals surface area contributed by atoms with Gasteiger partial charge in [-0.2, -0.15) is 0 Å². The minimum absolute atomic E-state index is 0.0199. The van der Waals surface area contributed by atoms with Crippen LogP contribution in [0.5, 0.6) is 5.75 Å². The number of aryl methyl sites for hydroxylation is 1. The Balaban J connectivity index is 1.34. The summed E-state index contributed by atoms with van der Waals surface area (Å²) in [4.78, 5) is 18.5. The standard InChI is InChI=1S/C26H31FN2O4/c1-32-20-5-7-25-22(15-20)21(8-11-28-25)24(27)6-4-19-9-13-29(16-23(19)26(30)31)12-2-3-18-10-14-33-17-18/h5,7-8,10-11,14-15,17,19,23-24H,2-4,6,9,12-13,16H2,1H3,(H,30,31)/t19-,23+,24?/m1/s1. The van der Waals surface area contributed by atoms with Crippen molar-refractivity contribution in [3.8, 4) is 5.75 Å². The lowest BCUT2D eigenvalue weighted by molar-refractivity contribution is -0.146. The van der Waals surface area contributed by atoms with Crippen molar-refractivity contribution in [2.75, 3.05) is 26.7 Å². The van der Waals surface area contributed by atoms with Gasteiger partial charge in [0, 0.05) is 18.1 Å². The second kappa shape index (κ2) is 10.8. The Morgan fingerprint density at radius 2 is 2.24 bits per heavy atom. The van der Waals surface area contributed by atoms with E-state index in [1.165, 1.54) is 0 Å². The third-order valence-electron chi connectivity index (χ3n) is 6.79. The predicted octanol–water partition coefficient (Wildman–Crippen LogP) is 5.28. The molecule has 2 aromatic heterocycles. The number of aromatic nitrogens is 1. The second-order valence-electron chi connectivity index (χ2n) is 8.86. The van der Waals surface area contributed by atoms with Gasteiger partial charge in [0.05, 0.1) is 31.1 Å². The fourth-order valence-electron chi connectivity index (χ4n) is 4.90. The molecule has 1 N–H and O–H groups in total. The molecular weight excluding hydrogens is 423 g/mol. The van der Waals surface area contributed by atoms with Crippen LogP contribution in [-0.2, 0) is 11.2 Å². The molecule has 3 atom stereocenters. The maximum atomic E-state index is 15.3. The fourth-order valence-corrected chi connectivity index (χ4v) is 4.90. The number of methoxy groups -OCH3 is 1. The van der Waals surface area contributed by atoms with E-state index in [0.717, 1.165) is 48.8 Å². The molecule has 6 nitrogen and oxygen atoms in total. The van der Waals surface area contributed by atoms with Gasteiger partial charge in [-0.25, -0.2) is 4.39 Å². The summed E-state index contributed by atoms with van der Waals surface area (Å²) in [6.07, 6.45) is 7.38. The van der Waals surface area contributed by atoms with Crippen LogP contribution in [0.4, 0.5) is 4.39 Å². The summed E-state index contributed by atoms with van der Waals surface area (Å²) < 4.78 is 25.7. The van der Waals surface area contributed by atoms with Crippen LogP contribution in [0.15, 0.2) is 53.5 Å². The Labute approximate surface area is 193 Å². The number of halogens is 1. The Hall–Kier alpha value is -2.93. The van der Waals surface area contributed by atoms with Crippen LogP contribution in [0.25, 0.3) is 10.9 Å². The molecular formula is C26H31FN2O4. The van der Waals surface area contributed by atoms with Gasteiger partial charge in [0.1, 0.15) is 11.9 Å². The SMILES string of the molecule is COc1ccc2nccc(C(F)CC[C@@H]3CCN(CCCc4ccoc4)C[C@@H]3C(=O)O)c2c1. The molecule has 0 bridgehead atoms. The van der Waals surface area contributed by atoms with E-state index in [9.17, 15) is 9.90 Å². The minimum Gasteiger partial charge on any atom is -0.497 e. The molecule has 4 rings (SSSR count). The highest BCUT2D eigenvalue weighted by Crippen LogP contribution is 2.35. The van der Waals surface area contributed by atoms with E-state index < -0.39 is 18.1 Å². The van der Waals surface area contributed by atoms with Crippen molar-refractivity contribution in [1.82, 2.24) is 9.88 Å². The van der Waals surface area contributed by atoms with E-state index >= 15 is 4.39 Å². The quantitative estimate of drug-likeness (QED) is 0.449. The van der Waals surface area contributed by atoms with Crippen LogP contribution < -0.4 is 4.74 Å². The topological polar surface area (TPSA) is 75.8 Å². The molecule has 0 aliphatic carbocycles. The Bertz CT molecular complexity index is 1060. The number of benzene rings is 1. The highest BCUT2D eigenvalue weighted by atomic mass is 19.1. The number of piperidine rings is 1. The first-order valence-electron chi connectivity index (χ1n) is 11.6. The zero-order valence-electron chi connectivity index (χ0n) is 19.0. The van der Waals surface area contributed by atoms with E-state index in [1.54, 1.807) is 31.9 Å². The number of furan rings is 1. The number of carboxylic acids is 1. The summed E-state index contributed by atoms with van der Waals surface area (Å²) in [7, 11) is 1.58. The van der Waals surface area contributed by atoms with Gasteiger partial charge in [0.15, 0.2) is 0 Å². The van der Waals surface area contributed by atoms with Crippen molar-refractivity contribution in [2.24, 2.45) is 11.8 Å². The number of hydrogen-bond donors (Lipinski definition) is 1. The first-order valence-corrected chi connectivity index (χ1v) is 11.6. The molecule has 7 heteroatoms. The number of carbonyl (C=O) groups is 1. The molecule has 0 spiro atoms. The van der Waals surface area contributed by atoms with E-state index in [1.807, 2.05) is 24.3 Å². The van der Waals surface area contributed by atoms with E-state index in [-0.39, 0.29) is 5.92 Å². The molecule has 1 aliphatic heterocycles. The minimum atomic E-state index is -1.18. The Morgan fingerprint density at radius 3 is 3.00 bits per heavy atom. The lowest BCUT2D eigenvalue weighted by Crippen LogP contribution is -2.44. The molecule has 3 heterocycles. The van der Waals surface area contributed by atoms with Gasteiger partial charge < -0.3 is 19.2 Å². The van der Waals surface area contributed by atoms with Gasteiger partial charge in [-0.3, -0.25) is 9.78 Å². The third kappa shape index (κ3) is 5.71. The lowest BCUT2D eigenvalue weighted by Gasteiger charge is -2.36. The van der Waals surface area contributed by atoms with Crippen molar-refractivity contribution < 1.29 is 23.4 Å². The average molecular weight is 455 g/mol. The van der Waals surface area contributed by atoms with Crippen molar-refractivity contribution >= 4 is 16.9 Å². The van der Waals surface area contributed by atoms with Crippen LogP contribution in [-0.4, -0.2) is 47.7 Å². The number of rotatable bonds is 10. The normalized spacial score (nSPS) is 20.1. The molecule has 0 radical (unpaired) electrons. The highest BCUT2D eigenvalue weighted by molar-refractivity contribution is 5.83. The Kier molecular flexibility index (Phi) is 7.60. The number of likely N-dealkylation sites (tertiary alicyclic amines) is 1. The van der Waals surface area contributed by atoms with Gasteiger partial charge >= 0.3 is 5.97 Å². The van der Waals surface area contributed by atoms with Crippen LogP contribution in [0, 0.1) is 11.8 Å². The van der Waals surface area contributed by atoms with E-state index in [2.05, 4.69) is 9.88 Å².